The summed E-state index contributed by atoms with van der Waals surface area (Å²) in [5.74, 6) is 0. The molecule has 12 rings (SSSR count). The van der Waals surface area contributed by atoms with E-state index in [4.69, 9.17) is 24.9 Å². The number of aromatic nitrogens is 4. The van der Waals surface area contributed by atoms with Gasteiger partial charge in [-0.3, -0.25) is 24.9 Å². The molecule has 0 aliphatic rings. The Bertz CT molecular complexity index is 3540. The third kappa shape index (κ3) is 7.97. The Balaban J connectivity index is 1.09. The van der Waals surface area contributed by atoms with Crippen molar-refractivity contribution < 1.29 is 0 Å². The first-order chi connectivity index (χ1) is 33.4. The maximum atomic E-state index is 5.26. The first kappa shape index (κ1) is 40.6. The normalized spacial score (nSPS) is 11.8. The summed E-state index contributed by atoms with van der Waals surface area (Å²) in [4.78, 5) is 24.9. The monoisotopic (exact) mass is 869 g/mol. The summed E-state index contributed by atoms with van der Waals surface area (Å²) in [5.41, 5.74) is 20.6. The topological polar surface area (TPSA) is 63.9 Å². The average Bonchev–Trinajstić information content (AvgIpc) is 3.40. The molecule has 0 fully saturated rings. The van der Waals surface area contributed by atoms with Crippen LogP contribution in [-0.4, -0.2) is 25.6 Å². The SMILES string of the molecule is C/C(=N\c1ccccc1C)c1cc(-c2cc(-c3cnc4ccccc4c3)cc(-c3cnc4ccccc4c3)c2)cc(-c2cc(-c3cnc4ccccc4c3)cc(-c3cnc4ccccc4c3)c2)c1. The van der Waals surface area contributed by atoms with Crippen LogP contribution in [0.25, 0.3) is 110 Å². The third-order valence-corrected chi connectivity index (χ3v) is 13.0. The maximum absolute atomic E-state index is 5.26. The highest BCUT2D eigenvalue weighted by Gasteiger charge is 2.16. The number of para-hydroxylation sites is 5. The number of pyridine rings is 4. The van der Waals surface area contributed by atoms with Crippen molar-refractivity contribution in [2.75, 3.05) is 0 Å². The summed E-state index contributed by atoms with van der Waals surface area (Å²) in [6.45, 7) is 4.22. The van der Waals surface area contributed by atoms with Crippen LogP contribution in [0.4, 0.5) is 5.69 Å². The van der Waals surface area contributed by atoms with Gasteiger partial charge in [0, 0.05) is 74.3 Å². The smallest absolute Gasteiger partial charge is 0.0702 e. The second-order valence-corrected chi connectivity index (χ2v) is 17.5. The molecule has 4 aromatic heterocycles. The quantitative estimate of drug-likeness (QED) is 0.143. The lowest BCUT2D eigenvalue weighted by Gasteiger charge is -2.16. The van der Waals surface area contributed by atoms with E-state index in [1.807, 2.05) is 55.1 Å². The maximum Gasteiger partial charge on any atom is 0.0702 e. The van der Waals surface area contributed by atoms with Gasteiger partial charge in [-0.1, -0.05) is 91.0 Å². The summed E-state index contributed by atoms with van der Waals surface area (Å²) in [6, 6.07) is 71.0. The van der Waals surface area contributed by atoms with Gasteiger partial charge in [-0.15, -0.1) is 0 Å². The summed E-state index contributed by atoms with van der Waals surface area (Å²) >= 11 is 0. The predicted molar refractivity (Wildman–Crippen MR) is 283 cm³/mol. The van der Waals surface area contributed by atoms with Crippen molar-refractivity contribution >= 4 is 55.0 Å². The summed E-state index contributed by atoms with van der Waals surface area (Å²) in [7, 11) is 0. The van der Waals surface area contributed by atoms with E-state index in [1.165, 1.54) is 0 Å². The molecule has 0 unspecified atom stereocenters. The fraction of sp³-hybridized carbons (Fsp3) is 0.0317. The second kappa shape index (κ2) is 17.1. The van der Waals surface area contributed by atoms with Gasteiger partial charge in [0.15, 0.2) is 0 Å². The Morgan fingerprint density at radius 2 is 0.588 bits per heavy atom. The minimum atomic E-state index is 0.921. The van der Waals surface area contributed by atoms with E-state index in [9.17, 15) is 0 Å². The number of hydrogen-bond donors (Lipinski definition) is 0. The number of aryl methyl sites for hydroxylation is 1. The standard InChI is InChI=1S/C63H43N5/c1-40-13-3-8-18-59(40)68-41(2)46-27-47(49-30-51(55-23-42-14-4-9-19-60(42)64-36-55)34-52(31-49)56-24-43-15-5-10-20-61(43)65-37-56)29-48(28-46)50-32-53(57-25-44-16-6-11-21-62(44)66-38-57)35-54(33-50)58-26-45-17-7-12-22-63(45)67-39-58/h3-39H,1-2H3/b68-41+. The van der Waals surface area contributed by atoms with Crippen LogP contribution in [0.2, 0.25) is 0 Å². The van der Waals surface area contributed by atoms with Crippen molar-refractivity contribution in [1.82, 2.24) is 19.9 Å². The molecule has 0 atom stereocenters. The minimum Gasteiger partial charge on any atom is -0.256 e. The van der Waals surface area contributed by atoms with Crippen LogP contribution in [0, 0.1) is 6.92 Å². The Kier molecular flexibility index (Phi) is 10.2. The lowest BCUT2D eigenvalue weighted by atomic mass is 9.89. The highest BCUT2D eigenvalue weighted by molar-refractivity contribution is 6.03. The van der Waals surface area contributed by atoms with E-state index in [1.54, 1.807) is 0 Å². The van der Waals surface area contributed by atoms with Gasteiger partial charge in [0.25, 0.3) is 0 Å². The van der Waals surface area contributed by atoms with Gasteiger partial charge in [-0.25, -0.2) is 0 Å². The largest absolute Gasteiger partial charge is 0.256 e. The van der Waals surface area contributed by atoms with Crippen LogP contribution in [-0.2, 0) is 0 Å². The van der Waals surface area contributed by atoms with Crippen molar-refractivity contribution in [2.45, 2.75) is 13.8 Å². The van der Waals surface area contributed by atoms with Gasteiger partial charge in [0.1, 0.15) is 0 Å². The molecule has 320 valence electrons. The number of rotatable bonds is 8. The van der Waals surface area contributed by atoms with Crippen molar-refractivity contribution in [2.24, 2.45) is 4.99 Å². The number of aliphatic imine (C=N–C) groups is 1. The van der Waals surface area contributed by atoms with Crippen molar-refractivity contribution in [3.8, 4) is 66.8 Å². The molecule has 0 aliphatic heterocycles. The van der Waals surface area contributed by atoms with E-state index >= 15 is 0 Å². The van der Waals surface area contributed by atoms with E-state index in [2.05, 4.69) is 184 Å². The third-order valence-electron chi connectivity index (χ3n) is 13.0. The zero-order chi connectivity index (χ0) is 45.6. The molecule has 0 saturated carbocycles. The fourth-order valence-electron chi connectivity index (χ4n) is 9.27. The van der Waals surface area contributed by atoms with Crippen LogP contribution in [0.15, 0.2) is 230 Å². The van der Waals surface area contributed by atoms with E-state index in [-0.39, 0.29) is 0 Å². The summed E-state index contributed by atoms with van der Waals surface area (Å²) in [6.07, 6.45) is 7.95. The molecule has 0 radical (unpaired) electrons. The molecule has 8 aromatic carbocycles. The first-order valence-electron chi connectivity index (χ1n) is 22.9. The molecule has 4 heterocycles. The van der Waals surface area contributed by atoms with Gasteiger partial charge < -0.3 is 0 Å². The van der Waals surface area contributed by atoms with Crippen molar-refractivity contribution in [3.05, 3.63) is 236 Å². The molecular formula is C63H43N5. The number of nitrogens with zero attached hydrogens (tertiary/aromatic N) is 5. The predicted octanol–water partition coefficient (Wildman–Crippen LogP) is 16.3. The molecular weight excluding hydrogens is 827 g/mol. The van der Waals surface area contributed by atoms with Crippen LogP contribution < -0.4 is 0 Å². The fourth-order valence-corrected chi connectivity index (χ4v) is 9.27. The van der Waals surface area contributed by atoms with Gasteiger partial charge in [-0.05, 0) is 179 Å². The number of hydrogen-bond acceptors (Lipinski definition) is 5. The molecule has 12 aromatic rings. The molecule has 0 spiro atoms. The Hall–Kier alpha value is -8.93. The van der Waals surface area contributed by atoms with E-state index in [0.29, 0.717) is 0 Å². The lowest BCUT2D eigenvalue weighted by molar-refractivity contribution is 1.38. The van der Waals surface area contributed by atoms with Crippen LogP contribution in [0.1, 0.15) is 18.1 Å². The molecule has 5 nitrogen and oxygen atoms in total. The Morgan fingerprint density at radius 3 is 0.926 bits per heavy atom. The number of fused-ring (bicyclic) bond motifs is 4. The van der Waals surface area contributed by atoms with Gasteiger partial charge >= 0.3 is 0 Å². The van der Waals surface area contributed by atoms with Crippen molar-refractivity contribution in [3.63, 3.8) is 0 Å². The second-order valence-electron chi connectivity index (χ2n) is 17.5. The first-order valence-corrected chi connectivity index (χ1v) is 22.9. The highest BCUT2D eigenvalue weighted by atomic mass is 14.7. The Morgan fingerprint density at radius 1 is 0.309 bits per heavy atom. The van der Waals surface area contributed by atoms with E-state index in [0.717, 1.165) is 133 Å². The zero-order valence-corrected chi connectivity index (χ0v) is 37.6. The van der Waals surface area contributed by atoms with Crippen molar-refractivity contribution in [1.29, 1.82) is 0 Å². The van der Waals surface area contributed by atoms with Gasteiger partial charge in [-0.2, -0.15) is 0 Å². The number of benzene rings is 8. The van der Waals surface area contributed by atoms with Gasteiger partial charge in [0.05, 0.1) is 27.8 Å². The summed E-state index contributed by atoms with van der Waals surface area (Å²) in [5, 5.41) is 4.37. The summed E-state index contributed by atoms with van der Waals surface area (Å²) < 4.78 is 0. The molecule has 0 aliphatic carbocycles. The molecule has 0 amide bonds. The highest BCUT2D eigenvalue weighted by Crippen LogP contribution is 2.39. The van der Waals surface area contributed by atoms with Crippen LogP contribution in [0.3, 0.4) is 0 Å². The van der Waals surface area contributed by atoms with Crippen LogP contribution in [0.5, 0.6) is 0 Å². The molecule has 5 heteroatoms. The zero-order valence-electron chi connectivity index (χ0n) is 37.6. The molecule has 68 heavy (non-hydrogen) atoms. The molecule has 0 saturated heterocycles. The van der Waals surface area contributed by atoms with Crippen LogP contribution >= 0.6 is 0 Å². The van der Waals surface area contributed by atoms with E-state index < -0.39 is 0 Å². The van der Waals surface area contributed by atoms with Gasteiger partial charge in [0.2, 0.25) is 0 Å². The Labute approximate surface area is 394 Å². The molecule has 0 N–H and O–H groups in total. The average molecular weight is 870 g/mol. The minimum absolute atomic E-state index is 0.921. The molecule has 0 bridgehead atoms. The lowest BCUT2D eigenvalue weighted by Crippen LogP contribution is -1.98.